The van der Waals surface area contributed by atoms with Crippen molar-refractivity contribution in [2.75, 3.05) is 13.1 Å². The Morgan fingerprint density at radius 1 is 1.47 bits per heavy atom. The monoisotopic (exact) mass is 238 g/mol. The highest BCUT2D eigenvalue weighted by molar-refractivity contribution is 5.78. The van der Waals surface area contributed by atoms with Crippen LogP contribution in [0, 0.1) is 5.82 Å². The molecule has 0 saturated heterocycles. The Bertz CT molecular complexity index is 368. The van der Waals surface area contributed by atoms with Gasteiger partial charge in [-0.15, -0.1) is 0 Å². The Kier molecular flexibility index (Phi) is 5.63. The summed E-state index contributed by atoms with van der Waals surface area (Å²) in [6.07, 6.45) is 0.993. The molecule has 0 aliphatic rings. The van der Waals surface area contributed by atoms with E-state index in [-0.39, 0.29) is 17.8 Å². The molecule has 0 saturated carbocycles. The van der Waals surface area contributed by atoms with Crippen molar-refractivity contribution in [2.45, 2.75) is 26.3 Å². The molecule has 4 heteroatoms. The van der Waals surface area contributed by atoms with Crippen molar-refractivity contribution < 1.29 is 9.18 Å². The molecular weight excluding hydrogens is 219 g/mol. The molecule has 2 N–H and O–H groups in total. The van der Waals surface area contributed by atoms with Crippen molar-refractivity contribution in [3.63, 3.8) is 0 Å². The molecule has 94 valence electrons. The van der Waals surface area contributed by atoms with Gasteiger partial charge >= 0.3 is 0 Å². The maximum Gasteiger partial charge on any atom is 0.234 e. The number of halogens is 1. The van der Waals surface area contributed by atoms with Crippen LogP contribution in [-0.2, 0) is 4.79 Å². The smallest absolute Gasteiger partial charge is 0.234 e. The van der Waals surface area contributed by atoms with Crippen LogP contribution in [0.15, 0.2) is 24.3 Å². The fourth-order valence-corrected chi connectivity index (χ4v) is 1.53. The SMILES string of the molecule is CCCNCC(=O)N[C@H](C)c1cccc(F)c1. The van der Waals surface area contributed by atoms with E-state index in [1.54, 1.807) is 12.1 Å². The highest BCUT2D eigenvalue weighted by atomic mass is 19.1. The van der Waals surface area contributed by atoms with Gasteiger partial charge in [0.15, 0.2) is 0 Å². The Balaban J connectivity index is 2.43. The Morgan fingerprint density at radius 2 is 2.24 bits per heavy atom. The molecule has 0 fully saturated rings. The number of nitrogens with one attached hydrogen (secondary N) is 2. The van der Waals surface area contributed by atoms with E-state index in [9.17, 15) is 9.18 Å². The van der Waals surface area contributed by atoms with Crippen LogP contribution < -0.4 is 10.6 Å². The molecule has 0 bridgehead atoms. The van der Waals surface area contributed by atoms with E-state index in [4.69, 9.17) is 0 Å². The molecule has 1 aromatic rings. The highest BCUT2D eigenvalue weighted by Crippen LogP contribution is 2.12. The molecule has 3 nitrogen and oxygen atoms in total. The number of hydrogen-bond acceptors (Lipinski definition) is 2. The van der Waals surface area contributed by atoms with Gasteiger partial charge in [0.1, 0.15) is 5.82 Å². The predicted molar refractivity (Wildman–Crippen MR) is 66.1 cm³/mol. The summed E-state index contributed by atoms with van der Waals surface area (Å²) in [6, 6.07) is 6.09. The first-order chi connectivity index (χ1) is 8.13. The number of carbonyl (C=O) groups is 1. The van der Waals surface area contributed by atoms with Crippen LogP contribution in [-0.4, -0.2) is 19.0 Å². The van der Waals surface area contributed by atoms with Crippen molar-refractivity contribution >= 4 is 5.91 Å². The maximum atomic E-state index is 13.0. The summed E-state index contributed by atoms with van der Waals surface area (Å²) in [5.74, 6) is -0.358. The second-order valence-electron chi connectivity index (χ2n) is 4.02. The van der Waals surface area contributed by atoms with Gasteiger partial charge in [0, 0.05) is 0 Å². The first-order valence-electron chi connectivity index (χ1n) is 5.89. The normalized spacial score (nSPS) is 12.2. The second-order valence-corrected chi connectivity index (χ2v) is 4.02. The average molecular weight is 238 g/mol. The van der Waals surface area contributed by atoms with Crippen LogP contribution >= 0.6 is 0 Å². The minimum atomic E-state index is -0.285. The van der Waals surface area contributed by atoms with Gasteiger partial charge in [-0.3, -0.25) is 4.79 Å². The lowest BCUT2D eigenvalue weighted by Crippen LogP contribution is -2.35. The van der Waals surface area contributed by atoms with Crippen molar-refractivity contribution in [3.8, 4) is 0 Å². The zero-order valence-corrected chi connectivity index (χ0v) is 10.3. The van der Waals surface area contributed by atoms with E-state index >= 15 is 0 Å². The lowest BCUT2D eigenvalue weighted by Gasteiger charge is -2.14. The third-order valence-corrected chi connectivity index (χ3v) is 2.44. The van der Waals surface area contributed by atoms with Crippen molar-refractivity contribution in [1.29, 1.82) is 0 Å². The van der Waals surface area contributed by atoms with E-state index in [0.717, 1.165) is 18.5 Å². The zero-order valence-electron chi connectivity index (χ0n) is 10.3. The number of benzene rings is 1. The van der Waals surface area contributed by atoms with Crippen LogP contribution in [0.3, 0.4) is 0 Å². The molecule has 1 atom stereocenters. The van der Waals surface area contributed by atoms with Gasteiger partial charge in [0.2, 0.25) is 5.91 Å². The van der Waals surface area contributed by atoms with E-state index in [2.05, 4.69) is 10.6 Å². The number of hydrogen-bond donors (Lipinski definition) is 2. The maximum absolute atomic E-state index is 13.0. The van der Waals surface area contributed by atoms with E-state index in [1.807, 2.05) is 13.8 Å². The summed E-state index contributed by atoms with van der Waals surface area (Å²) >= 11 is 0. The molecule has 0 aromatic heterocycles. The van der Waals surface area contributed by atoms with Gasteiger partial charge in [0.05, 0.1) is 12.6 Å². The summed E-state index contributed by atoms with van der Waals surface area (Å²) in [5, 5.41) is 5.83. The van der Waals surface area contributed by atoms with Crippen LogP contribution in [0.25, 0.3) is 0 Å². The second kappa shape index (κ2) is 7.01. The largest absolute Gasteiger partial charge is 0.348 e. The minimum absolute atomic E-state index is 0.0739. The summed E-state index contributed by atoms with van der Waals surface area (Å²) in [4.78, 5) is 11.5. The number of rotatable bonds is 6. The Labute approximate surface area is 101 Å². The highest BCUT2D eigenvalue weighted by Gasteiger charge is 2.09. The van der Waals surface area contributed by atoms with Crippen molar-refractivity contribution in [1.82, 2.24) is 10.6 Å². The predicted octanol–water partition coefficient (Wildman–Crippen LogP) is 2.00. The molecule has 0 heterocycles. The van der Waals surface area contributed by atoms with E-state index in [1.165, 1.54) is 12.1 Å². The first kappa shape index (κ1) is 13.6. The number of amides is 1. The third kappa shape index (κ3) is 4.95. The summed E-state index contributed by atoms with van der Waals surface area (Å²) < 4.78 is 13.0. The summed E-state index contributed by atoms with van der Waals surface area (Å²) in [5.41, 5.74) is 0.772. The Hall–Kier alpha value is -1.42. The lowest BCUT2D eigenvalue weighted by atomic mass is 10.1. The van der Waals surface area contributed by atoms with Crippen molar-refractivity contribution in [3.05, 3.63) is 35.6 Å². The molecular formula is C13H19FN2O. The van der Waals surface area contributed by atoms with Gasteiger partial charge in [-0.05, 0) is 37.6 Å². The van der Waals surface area contributed by atoms with Crippen LogP contribution in [0.2, 0.25) is 0 Å². The minimum Gasteiger partial charge on any atom is -0.348 e. The molecule has 0 spiro atoms. The molecule has 17 heavy (non-hydrogen) atoms. The van der Waals surface area contributed by atoms with Gasteiger partial charge in [-0.1, -0.05) is 19.1 Å². The number of carbonyl (C=O) groups excluding carboxylic acids is 1. The van der Waals surface area contributed by atoms with Gasteiger partial charge in [0.25, 0.3) is 0 Å². The molecule has 0 unspecified atom stereocenters. The van der Waals surface area contributed by atoms with Gasteiger partial charge < -0.3 is 10.6 Å². The lowest BCUT2D eigenvalue weighted by molar-refractivity contribution is -0.120. The van der Waals surface area contributed by atoms with Crippen LogP contribution in [0.5, 0.6) is 0 Å². The quantitative estimate of drug-likeness (QED) is 0.744. The summed E-state index contributed by atoms with van der Waals surface area (Å²) in [6.45, 7) is 5.00. The van der Waals surface area contributed by atoms with E-state index in [0.29, 0.717) is 6.54 Å². The van der Waals surface area contributed by atoms with Crippen LogP contribution in [0.4, 0.5) is 4.39 Å². The van der Waals surface area contributed by atoms with E-state index < -0.39 is 0 Å². The molecule has 1 amide bonds. The molecule has 0 aliphatic carbocycles. The first-order valence-corrected chi connectivity index (χ1v) is 5.89. The molecule has 1 rings (SSSR count). The van der Waals surface area contributed by atoms with Crippen molar-refractivity contribution in [2.24, 2.45) is 0 Å². The zero-order chi connectivity index (χ0) is 12.7. The van der Waals surface area contributed by atoms with Gasteiger partial charge in [-0.2, -0.15) is 0 Å². The molecule has 0 aliphatic heterocycles. The fraction of sp³-hybridized carbons (Fsp3) is 0.462. The summed E-state index contributed by atoms with van der Waals surface area (Å²) in [7, 11) is 0. The Morgan fingerprint density at radius 3 is 2.88 bits per heavy atom. The average Bonchev–Trinajstić information content (AvgIpc) is 2.29. The fourth-order valence-electron chi connectivity index (χ4n) is 1.53. The van der Waals surface area contributed by atoms with Crippen LogP contribution in [0.1, 0.15) is 31.9 Å². The standard InChI is InChI=1S/C13H19FN2O/c1-3-7-15-9-13(17)16-10(2)11-5-4-6-12(14)8-11/h4-6,8,10,15H,3,7,9H2,1-2H3,(H,16,17)/t10-/m1/s1. The third-order valence-electron chi connectivity index (χ3n) is 2.44. The topological polar surface area (TPSA) is 41.1 Å². The molecule has 1 aromatic carbocycles. The molecule has 0 radical (unpaired) electrons. The van der Waals surface area contributed by atoms with Gasteiger partial charge in [-0.25, -0.2) is 4.39 Å².